The molecule has 0 aliphatic heterocycles. The Balaban J connectivity index is 2.47. The zero-order valence-electron chi connectivity index (χ0n) is 18.8. The number of ether oxygens (including phenoxy) is 1. The van der Waals surface area contributed by atoms with E-state index in [-0.39, 0.29) is 18.1 Å². The quantitative estimate of drug-likeness (QED) is 0.523. The van der Waals surface area contributed by atoms with Crippen LogP contribution in [0.5, 0.6) is 5.75 Å². The molecule has 0 saturated carbocycles. The van der Waals surface area contributed by atoms with Gasteiger partial charge in [0.15, 0.2) is 0 Å². The zero-order chi connectivity index (χ0) is 24.8. The van der Waals surface area contributed by atoms with Gasteiger partial charge in [-0.05, 0) is 42.8 Å². The predicted octanol–water partition coefficient (Wildman–Crippen LogP) is 3.32. The van der Waals surface area contributed by atoms with Gasteiger partial charge in [0.2, 0.25) is 21.8 Å². The summed E-state index contributed by atoms with van der Waals surface area (Å²) < 4.78 is 31.2. The number of hydrogen-bond acceptors (Lipinski definition) is 5. The van der Waals surface area contributed by atoms with Crippen molar-refractivity contribution in [3.05, 3.63) is 58.1 Å². The molecule has 2 amide bonds. The van der Waals surface area contributed by atoms with E-state index in [0.717, 1.165) is 10.6 Å². The van der Waals surface area contributed by atoms with Gasteiger partial charge in [0.05, 0.1) is 19.1 Å². The normalized spacial score (nSPS) is 12.1. The van der Waals surface area contributed by atoms with Crippen LogP contribution in [0.15, 0.2) is 42.5 Å². The molecule has 0 heterocycles. The number of likely N-dealkylation sites (N-methyl/N-ethyl adjacent to an activating group) is 1. The van der Waals surface area contributed by atoms with Gasteiger partial charge in [0, 0.05) is 29.2 Å². The van der Waals surface area contributed by atoms with Crippen molar-refractivity contribution in [3.8, 4) is 5.75 Å². The molecular formula is C22H27Cl2N3O5S. The van der Waals surface area contributed by atoms with Crippen LogP contribution in [0.1, 0.15) is 18.9 Å². The number of methoxy groups -OCH3 is 1. The summed E-state index contributed by atoms with van der Waals surface area (Å²) in [6.07, 6.45) is 1.31. The zero-order valence-corrected chi connectivity index (χ0v) is 21.2. The Morgan fingerprint density at radius 1 is 1.09 bits per heavy atom. The van der Waals surface area contributed by atoms with Crippen LogP contribution in [0.25, 0.3) is 0 Å². The Kier molecular flexibility index (Phi) is 9.39. The highest BCUT2D eigenvalue weighted by Crippen LogP contribution is 2.28. The van der Waals surface area contributed by atoms with Crippen molar-refractivity contribution in [1.29, 1.82) is 0 Å². The number of carbonyl (C=O) groups excluding carboxylic acids is 2. The van der Waals surface area contributed by atoms with E-state index in [1.54, 1.807) is 49.4 Å². The van der Waals surface area contributed by atoms with Gasteiger partial charge in [0.25, 0.3) is 0 Å². The lowest BCUT2D eigenvalue weighted by Crippen LogP contribution is -2.51. The number of hydrogen-bond donors (Lipinski definition) is 1. The molecule has 0 aliphatic rings. The van der Waals surface area contributed by atoms with Crippen molar-refractivity contribution in [2.75, 3.05) is 31.3 Å². The van der Waals surface area contributed by atoms with E-state index in [1.807, 2.05) is 0 Å². The Morgan fingerprint density at radius 2 is 1.67 bits per heavy atom. The van der Waals surface area contributed by atoms with Crippen LogP contribution in [0.4, 0.5) is 5.69 Å². The average molecular weight is 516 g/mol. The molecule has 2 rings (SSSR count). The minimum absolute atomic E-state index is 0.0660. The molecule has 1 N–H and O–H groups in total. The second-order valence-electron chi connectivity index (χ2n) is 7.23. The van der Waals surface area contributed by atoms with Crippen molar-refractivity contribution in [1.82, 2.24) is 10.2 Å². The molecule has 2 aromatic carbocycles. The van der Waals surface area contributed by atoms with Gasteiger partial charge in [-0.1, -0.05) is 36.2 Å². The summed E-state index contributed by atoms with van der Waals surface area (Å²) in [6, 6.07) is 10.4. The largest absolute Gasteiger partial charge is 0.497 e. The van der Waals surface area contributed by atoms with Crippen molar-refractivity contribution >= 4 is 50.7 Å². The number of nitrogens with one attached hydrogen (secondary N) is 1. The molecule has 33 heavy (non-hydrogen) atoms. The van der Waals surface area contributed by atoms with E-state index in [1.165, 1.54) is 19.1 Å². The molecular weight excluding hydrogens is 489 g/mol. The Bertz CT molecular complexity index is 1070. The highest BCUT2D eigenvalue weighted by Gasteiger charge is 2.32. The number of rotatable bonds is 10. The molecule has 0 aliphatic carbocycles. The van der Waals surface area contributed by atoms with Crippen LogP contribution in [-0.2, 0) is 26.2 Å². The van der Waals surface area contributed by atoms with Gasteiger partial charge in [-0.2, -0.15) is 0 Å². The van der Waals surface area contributed by atoms with Gasteiger partial charge in [-0.15, -0.1) is 0 Å². The lowest BCUT2D eigenvalue weighted by atomic mass is 10.1. The summed E-state index contributed by atoms with van der Waals surface area (Å²) in [7, 11) is -0.858. The number of sulfonamides is 1. The summed E-state index contributed by atoms with van der Waals surface area (Å²) in [6.45, 7) is 1.18. The van der Waals surface area contributed by atoms with Gasteiger partial charge >= 0.3 is 0 Å². The minimum Gasteiger partial charge on any atom is -0.497 e. The standard InChI is InChI=1S/C22H27Cl2N3O5S/c1-5-20(22(29)25-2)26(13-17-18(23)7-6-8-19(17)24)21(28)14-27(33(4,30)31)15-9-11-16(32-3)12-10-15/h6-12,20H,5,13-14H2,1-4H3,(H,25,29). The molecule has 8 nitrogen and oxygen atoms in total. The fourth-order valence-electron chi connectivity index (χ4n) is 3.30. The molecule has 0 bridgehead atoms. The number of amides is 2. The molecule has 1 atom stereocenters. The minimum atomic E-state index is -3.82. The molecule has 11 heteroatoms. The molecule has 0 saturated heterocycles. The second-order valence-corrected chi connectivity index (χ2v) is 9.95. The highest BCUT2D eigenvalue weighted by atomic mass is 35.5. The van der Waals surface area contributed by atoms with Crippen molar-refractivity contribution in [3.63, 3.8) is 0 Å². The number of nitrogens with zero attached hydrogens (tertiary/aromatic N) is 2. The maximum atomic E-state index is 13.5. The predicted molar refractivity (Wildman–Crippen MR) is 130 cm³/mol. The number of benzene rings is 2. The van der Waals surface area contributed by atoms with Gasteiger partial charge in [0.1, 0.15) is 18.3 Å². The summed E-state index contributed by atoms with van der Waals surface area (Å²) in [5.41, 5.74) is 0.752. The molecule has 0 radical (unpaired) electrons. The summed E-state index contributed by atoms with van der Waals surface area (Å²) >= 11 is 12.6. The van der Waals surface area contributed by atoms with Crippen molar-refractivity contribution < 1.29 is 22.7 Å². The van der Waals surface area contributed by atoms with Gasteiger partial charge in [-0.25, -0.2) is 8.42 Å². The second kappa shape index (κ2) is 11.6. The van der Waals surface area contributed by atoms with E-state index in [4.69, 9.17) is 27.9 Å². The lowest BCUT2D eigenvalue weighted by molar-refractivity contribution is -0.140. The fourth-order valence-corrected chi connectivity index (χ4v) is 4.67. The maximum absolute atomic E-state index is 13.5. The van der Waals surface area contributed by atoms with Crippen LogP contribution < -0.4 is 14.4 Å². The van der Waals surface area contributed by atoms with Crippen LogP contribution in [0.3, 0.4) is 0 Å². The van der Waals surface area contributed by atoms with Crippen molar-refractivity contribution in [2.24, 2.45) is 0 Å². The number of anilines is 1. The maximum Gasteiger partial charge on any atom is 0.244 e. The molecule has 1 unspecified atom stereocenters. The third kappa shape index (κ3) is 6.75. The Hall–Kier alpha value is -2.49. The topological polar surface area (TPSA) is 96.0 Å². The van der Waals surface area contributed by atoms with Crippen LogP contribution in [0, 0.1) is 0 Å². The lowest BCUT2D eigenvalue weighted by Gasteiger charge is -2.33. The van der Waals surface area contributed by atoms with E-state index in [9.17, 15) is 18.0 Å². The highest BCUT2D eigenvalue weighted by molar-refractivity contribution is 7.92. The van der Waals surface area contributed by atoms with E-state index >= 15 is 0 Å². The number of halogens is 2. The van der Waals surface area contributed by atoms with Crippen LogP contribution >= 0.6 is 23.2 Å². The van der Waals surface area contributed by atoms with E-state index in [0.29, 0.717) is 27.8 Å². The summed E-state index contributed by atoms with van der Waals surface area (Å²) in [4.78, 5) is 27.3. The third-order valence-electron chi connectivity index (χ3n) is 5.06. The SMILES string of the molecule is CCC(C(=O)NC)N(Cc1c(Cl)cccc1Cl)C(=O)CN(c1ccc(OC)cc1)S(C)(=O)=O. The Morgan fingerprint density at radius 3 is 2.12 bits per heavy atom. The summed E-state index contributed by atoms with van der Waals surface area (Å²) in [5.74, 6) is -0.425. The first-order valence-electron chi connectivity index (χ1n) is 10.1. The van der Waals surface area contributed by atoms with E-state index < -0.39 is 28.5 Å². The number of carbonyl (C=O) groups is 2. The first-order chi connectivity index (χ1) is 15.5. The Labute approximate surface area is 204 Å². The molecule has 0 aromatic heterocycles. The average Bonchev–Trinajstić information content (AvgIpc) is 2.78. The molecule has 2 aromatic rings. The van der Waals surface area contributed by atoms with E-state index in [2.05, 4.69) is 5.32 Å². The third-order valence-corrected chi connectivity index (χ3v) is 6.91. The first kappa shape index (κ1) is 26.8. The smallest absolute Gasteiger partial charge is 0.244 e. The molecule has 0 spiro atoms. The fraction of sp³-hybridized carbons (Fsp3) is 0.364. The summed E-state index contributed by atoms with van der Waals surface area (Å²) in [5, 5.41) is 3.22. The van der Waals surface area contributed by atoms with Gasteiger partial charge < -0.3 is 15.0 Å². The van der Waals surface area contributed by atoms with Gasteiger partial charge in [-0.3, -0.25) is 13.9 Å². The molecule has 180 valence electrons. The first-order valence-corrected chi connectivity index (χ1v) is 12.7. The molecule has 0 fully saturated rings. The van der Waals surface area contributed by atoms with Crippen LogP contribution in [0.2, 0.25) is 10.0 Å². The monoisotopic (exact) mass is 515 g/mol. The van der Waals surface area contributed by atoms with Crippen LogP contribution in [-0.4, -0.2) is 58.1 Å². The van der Waals surface area contributed by atoms with Crippen molar-refractivity contribution in [2.45, 2.75) is 25.9 Å².